The quantitative estimate of drug-likeness (QED) is 0.502. The lowest BCUT2D eigenvalue weighted by atomic mass is 10.1. The van der Waals surface area contributed by atoms with Gasteiger partial charge in [-0.05, 0) is 36.8 Å². The molecule has 0 spiro atoms. The highest BCUT2D eigenvalue weighted by atomic mass is 16.5. The smallest absolute Gasteiger partial charge is 0.248 e. The number of hydrogen-bond acceptors (Lipinski definition) is 7. The third kappa shape index (κ3) is 3.74. The molecule has 0 atom stereocenters. The number of nitrogens with two attached hydrogens (primary N) is 1. The molecule has 3 heterocycles. The minimum Gasteiger partial charge on any atom is -0.378 e. The number of carbonyl (C=O) groups excluding carboxylic acids is 1. The van der Waals surface area contributed by atoms with E-state index in [2.05, 4.69) is 15.3 Å². The van der Waals surface area contributed by atoms with Gasteiger partial charge >= 0.3 is 0 Å². The molecule has 0 aliphatic carbocycles. The summed E-state index contributed by atoms with van der Waals surface area (Å²) in [5.74, 6) is 0.736. The van der Waals surface area contributed by atoms with Crippen LogP contribution in [-0.2, 0) is 4.74 Å². The third-order valence-electron chi connectivity index (χ3n) is 5.49. The average molecular weight is 429 g/mol. The van der Waals surface area contributed by atoms with Crippen LogP contribution in [0.2, 0.25) is 0 Å². The second-order valence-electron chi connectivity index (χ2n) is 7.62. The summed E-state index contributed by atoms with van der Waals surface area (Å²) in [4.78, 5) is 23.5. The molecule has 3 N–H and O–H groups in total. The largest absolute Gasteiger partial charge is 0.378 e. The standard InChI is InChI=1S/C23H23N7O2/c1-15-7-8-16(20(24)31)13-19(15)26-21-18-14-25-30(17-5-3-2-4-6-17)22(18)28-23(27-21)29-9-11-32-12-10-29/h2-8,13-14H,9-12H2,1H3,(H2,24,31)(H,26,27,28). The van der Waals surface area contributed by atoms with E-state index in [0.717, 1.165) is 22.3 Å². The molecule has 1 saturated heterocycles. The number of amides is 1. The van der Waals surface area contributed by atoms with Gasteiger partial charge in [0.25, 0.3) is 0 Å². The summed E-state index contributed by atoms with van der Waals surface area (Å²) < 4.78 is 7.29. The summed E-state index contributed by atoms with van der Waals surface area (Å²) in [6, 6.07) is 15.2. The highest BCUT2D eigenvalue weighted by molar-refractivity contribution is 5.95. The number of rotatable bonds is 5. The Morgan fingerprint density at radius 2 is 1.88 bits per heavy atom. The van der Waals surface area contributed by atoms with Crippen molar-refractivity contribution in [2.75, 3.05) is 36.5 Å². The molecular formula is C23H23N7O2. The number of aryl methyl sites for hydroxylation is 1. The topological polar surface area (TPSA) is 111 Å². The number of aromatic nitrogens is 4. The average Bonchev–Trinajstić information content (AvgIpc) is 3.26. The zero-order chi connectivity index (χ0) is 22.1. The van der Waals surface area contributed by atoms with Gasteiger partial charge in [0.1, 0.15) is 5.82 Å². The lowest BCUT2D eigenvalue weighted by Crippen LogP contribution is -2.37. The summed E-state index contributed by atoms with van der Waals surface area (Å²) in [6.45, 7) is 4.63. The van der Waals surface area contributed by atoms with Gasteiger partial charge in [-0.1, -0.05) is 24.3 Å². The van der Waals surface area contributed by atoms with E-state index in [1.807, 2.05) is 43.3 Å². The van der Waals surface area contributed by atoms with Crippen LogP contribution in [0.3, 0.4) is 0 Å². The molecule has 1 amide bonds. The first-order valence-corrected chi connectivity index (χ1v) is 10.4. The highest BCUT2D eigenvalue weighted by Crippen LogP contribution is 2.29. The molecule has 32 heavy (non-hydrogen) atoms. The van der Waals surface area contributed by atoms with Gasteiger partial charge in [-0.2, -0.15) is 15.1 Å². The van der Waals surface area contributed by atoms with E-state index < -0.39 is 5.91 Å². The van der Waals surface area contributed by atoms with E-state index in [9.17, 15) is 4.79 Å². The zero-order valence-electron chi connectivity index (χ0n) is 17.7. The van der Waals surface area contributed by atoms with E-state index in [1.165, 1.54) is 0 Å². The molecule has 1 fully saturated rings. The van der Waals surface area contributed by atoms with Crippen LogP contribution < -0.4 is 16.0 Å². The van der Waals surface area contributed by atoms with Crippen molar-refractivity contribution in [1.29, 1.82) is 0 Å². The lowest BCUT2D eigenvalue weighted by Gasteiger charge is -2.27. The third-order valence-corrected chi connectivity index (χ3v) is 5.49. The van der Waals surface area contributed by atoms with Crippen LogP contribution in [0, 0.1) is 6.92 Å². The fourth-order valence-electron chi connectivity index (χ4n) is 3.69. The monoisotopic (exact) mass is 429 g/mol. The number of para-hydroxylation sites is 1. The SMILES string of the molecule is Cc1ccc(C(N)=O)cc1Nc1nc(N2CCOCC2)nc2c1cnn2-c1ccccc1. The molecular weight excluding hydrogens is 406 g/mol. The number of anilines is 3. The Labute approximate surface area is 184 Å². The molecule has 0 saturated carbocycles. The molecule has 2 aromatic carbocycles. The molecule has 0 unspecified atom stereocenters. The number of ether oxygens (including phenoxy) is 1. The summed E-state index contributed by atoms with van der Waals surface area (Å²) >= 11 is 0. The first-order chi connectivity index (χ1) is 15.6. The normalized spacial score (nSPS) is 14.0. The maximum Gasteiger partial charge on any atom is 0.248 e. The van der Waals surface area contributed by atoms with Crippen LogP contribution >= 0.6 is 0 Å². The van der Waals surface area contributed by atoms with Crippen molar-refractivity contribution in [1.82, 2.24) is 19.7 Å². The Bertz CT molecular complexity index is 1280. The van der Waals surface area contributed by atoms with E-state index in [1.54, 1.807) is 23.0 Å². The van der Waals surface area contributed by atoms with Gasteiger partial charge in [-0.15, -0.1) is 0 Å². The molecule has 1 aliphatic rings. The van der Waals surface area contributed by atoms with Crippen molar-refractivity contribution in [3.05, 3.63) is 65.9 Å². The molecule has 0 bridgehead atoms. The summed E-state index contributed by atoms with van der Waals surface area (Å²) in [5.41, 5.74) is 9.23. The first kappa shape index (κ1) is 20.0. The van der Waals surface area contributed by atoms with Crippen molar-refractivity contribution < 1.29 is 9.53 Å². The number of benzene rings is 2. The maximum absolute atomic E-state index is 11.7. The number of morpholine rings is 1. The minimum atomic E-state index is -0.480. The number of primary amides is 1. The fourth-order valence-corrected chi connectivity index (χ4v) is 3.69. The number of nitrogens with zero attached hydrogens (tertiary/aromatic N) is 5. The number of nitrogens with one attached hydrogen (secondary N) is 1. The lowest BCUT2D eigenvalue weighted by molar-refractivity contribution is 0.100. The number of fused-ring (bicyclic) bond motifs is 1. The van der Waals surface area contributed by atoms with Gasteiger partial charge in [0.15, 0.2) is 5.65 Å². The summed E-state index contributed by atoms with van der Waals surface area (Å²) in [7, 11) is 0. The summed E-state index contributed by atoms with van der Waals surface area (Å²) in [5, 5.41) is 8.74. The minimum absolute atomic E-state index is 0.428. The predicted octanol–water partition coefficient (Wildman–Crippen LogP) is 2.80. The molecule has 0 radical (unpaired) electrons. The second kappa shape index (κ2) is 8.27. The van der Waals surface area contributed by atoms with Crippen LogP contribution in [0.15, 0.2) is 54.7 Å². The molecule has 4 aromatic rings. The summed E-state index contributed by atoms with van der Waals surface area (Å²) in [6.07, 6.45) is 1.75. The first-order valence-electron chi connectivity index (χ1n) is 10.4. The van der Waals surface area contributed by atoms with Gasteiger partial charge in [0.05, 0.1) is 30.5 Å². The molecule has 2 aromatic heterocycles. The predicted molar refractivity (Wildman–Crippen MR) is 123 cm³/mol. The van der Waals surface area contributed by atoms with Crippen molar-refractivity contribution in [2.45, 2.75) is 6.92 Å². The van der Waals surface area contributed by atoms with Gasteiger partial charge in [-0.3, -0.25) is 4.79 Å². The van der Waals surface area contributed by atoms with Gasteiger partial charge < -0.3 is 20.7 Å². The van der Waals surface area contributed by atoms with E-state index in [-0.39, 0.29) is 0 Å². The van der Waals surface area contributed by atoms with Crippen molar-refractivity contribution in [3.63, 3.8) is 0 Å². The van der Waals surface area contributed by atoms with Gasteiger partial charge in [0, 0.05) is 24.3 Å². The maximum atomic E-state index is 11.7. The van der Waals surface area contributed by atoms with Crippen molar-refractivity contribution >= 4 is 34.4 Å². The van der Waals surface area contributed by atoms with E-state index in [4.69, 9.17) is 20.4 Å². The second-order valence-corrected chi connectivity index (χ2v) is 7.62. The van der Waals surface area contributed by atoms with E-state index >= 15 is 0 Å². The molecule has 1 aliphatic heterocycles. The highest BCUT2D eigenvalue weighted by Gasteiger charge is 2.20. The Kier molecular flexibility index (Phi) is 5.16. The van der Waals surface area contributed by atoms with E-state index in [0.29, 0.717) is 49.3 Å². The van der Waals surface area contributed by atoms with Crippen LogP contribution in [0.1, 0.15) is 15.9 Å². The molecule has 9 nitrogen and oxygen atoms in total. The molecule has 9 heteroatoms. The van der Waals surface area contributed by atoms with Crippen molar-refractivity contribution in [3.8, 4) is 5.69 Å². The number of carbonyl (C=O) groups is 1. The van der Waals surface area contributed by atoms with Crippen molar-refractivity contribution in [2.24, 2.45) is 5.73 Å². The fraction of sp³-hybridized carbons (Fsp3) is 0.217. The zero-order valence-corrected chi connectivity index (χ0v) is 17.7. The van der Waals surface area contributed by atoms with Crippen LogP contribution in [-0.4, -0.2) is 52.0 Å². The Morgan fingerprint density at radius 1 is 1.09 bits per heavy atom. The van der Waals surface area contributed by atoms with Crippen LogP contribution in [0.25, 0.3) is 16.7 Å². The van der Waals surface area contributed by atoms with Crippen LogP contribution in [0.4, 0.5) is 17.5 Å². The molecule has 5 rings (SSSR count). The van der Waals surface area contributed by atoms with Crippen LogP contribution in [0.5, 0.6) is 0 Å². The Balaban J connectivity index is 1.65. The number of hydrogen-bond donors (Lipinski definition) is 2. The Hall–Kier alpha value is -3.98. The Morgan fingerprint density at radius 3 is 2.62 bits per heavy atom. The molecule has 162 valence electrons. The van der Waals surface area contributed by atoms with Gasteiger partial charge in [0.2, 0.25) is 11.9 Å². The van der Waals surface area contributed by atoms with Gasteiger partial charge in [-0.25, -0.2) is 4.68 Å².